The van der Waals surface area contributed by atoms with Crippen LogP contribution < -0.4 is 10.1 Å². The van der Waals surface area contributed by atoms with Crippen molar-refractivity contribution in [1.82, 2.24) is 5.32 Å². The molecule has 1 aromatic carbocycles. The summed E-state index contributed by atoms with van der Waals surface area (Å²) in [4.78, 5) is 1.51. The van der Waals surface area contributed by atoms with E-state index in [2.05, 4.69) is 35.0 Å². The van der Waals surface area contributed by atoms with Gasteiger partial charge in [0, 0.05) is 11.4 Å². The summed E-state index contributed by atoms with van der Waals surface area (Å²) in [6.45, 7) is 1.05. The van der Waals surface area contributed by atoms with Crippen molar-refractivity contribution >= 4 is 11.3 Å². The van der Waals surface area contributed by atoms with Crippen molar-refractivity contribution in [3.63, 3.8) is 0 Å². The molecule has 0 saturated carbocycles. The van der Waals surface area contributed by atoms with E-state index in [-0.39, 0.29) is 0 Å². The predicted molar refractivity (Wildman–Crippen MR) is 70.9 cm³/mol. The summed E-state index contributed by atoms with van der Waals surface area (Å²) in [5.41, 5.74) is 2.71. The molecule has 0 spiro atoms. The number of ether oxygens (including phenoxy) is 1. The van der Waals surface area contributed by atoms with Gasteiger partial charge in [-0.05, 0) is 41.1 Å². The molecule has 3 heteroatoms. The van der Waals surface area contributed by atoms with E-state index in [4.69, 9.17) is 4.74 Å². The van der Waals surface area contributed by atoms with Crippen molar-refractivity contribution < 1.29 is 4.74 Å². The van der Waals surface area contributed by atoms with Crippen molar-refractivity contribution in [3.05, 3.63) is 51.7 Å². The number of benzene rings is 1. The molecule has 1 N–H and O–H groups in total. The Bertz CT molecular complexity index is 520. The minimum atomic E-state index is 0.320. The lowest BCUT2D eigenvalue weighted by Gasteiger charge is -2.25. The van der Waals surface area contributed by atoms with Crippen LogP contribution in [0, 0.1) is 0 Å². The summed E-state index contributed by atoms with van der Waals surface area (Å²) >= 11 is 1.86. The maximum absolute atomic E-state index is 5.29. The van der Waals surface area contributed by atoms with E-state index in [0.29, 0.717) is 6.04 Å². The molecular formula is C14H15NOS. The minimum Gasteiger partial charge on any atom is -0.497 e. The lowest BCUT2D eigenvalue weighted by atomic mass is 9.95. The van der Waals surface area contributed by atoms with Crippen molar-refractivity contribution in [2.75, 3.05) is 13.7 Å². The Morgan fingerprint density at radius 3 is 3.18 bits per heavy atom. The zero-order valence-corrected chi connectivity index (χ0v) is 10.6. The number of thiophene rings is 1. The third-order valence-electron chi connectivity index (χ3n) is 3.22. The summed E-state index contributed by atoms with van der Waals surface area (Å²) in [7, 11) is 1.71. The Kier molecular flexibility index (Phi) is 2.87. The molecule has 0 bridgehead atoms. The van der Waals surface area contributed by atoms with E-state index in [1.807, 2.05) is 17.4 Å². The highest BCUT2D eigenvalue weighted by atomic mass is 32.1. The Balaban J connectivity index is 2.00. The van der Waals surface area contributed by atoms with Gasteiger partial charge in [-0.1, -0.05) is 12.1 Å². The van der Waals surface area contributed by atoms with Crippen LogP contribution in [0.2, 0.25) is 0 Å². The summed E-state index contributed by atoms with van der Waals surface area (Å²) in [6, 6.07) is 10.9. The third-order valence-corrected chi connectivity index (χ3v) is 4.22. The van der Waals surface area contributed by atoms with Gasteiger partial charge in [0.1, 0.15) is 5.75 Å². The zero-order chi connectivity index (χ0) is 11.7. The van der Waals surface area contributed by atoms with Gasteiger partial charge in [0.2, 0.25) is 0 Å². The number of hydrogen-bond donors (Lipinski definition) is 1. The quantitative estimate of drug-likeness (QED) is 0.878. The van der Waals surface area contributed by atoms with Crippen molar-refractivity contribution in [2.24, 2.45) is 0 Å². The molecule has 2 heterocycles. The van der Waals surface area contributed by atoms with Gasteiger partial charge in [-0.3, -0.25) is 0 Å². The Morgan fingerprint density at radius 1 is 1.35 bits per heavy atom. The molecule has 1 aliphatic rings. The topological polar surface area (TPSA) is 21.3 Å². The van der Waals surface area contributed by atoms with E-state index in [9.17, 15) is 0 Å². The molecular weight excluding hydrogens is 230 g/mol. The van der Waals surface area contributed by atoms with Gasteiger partial charge in [-0.15, -0.1) is 11.3 Å². The Hall–Kier alpha value is -1.32. The molecule has 3 rings (SSSR count). The van der Waals surface area contributed by atoms with Gasteiger partial charge in [0.15, 0.2) is 0 Å². The van der Waals surface area contributed by atoms with Crippen LogP contribution >= 0.6 is 11.3 Å². The molecule has 1 unspecified atom stereocenters. The molecule has 0 radical (unpaired) electrons. The zero-order valence-electron chi connectivity index (χ0n) is 9.77. The highest BCUT2D eigenvalue weighted by Gasteiger charge is 2.22. The highest BCUT2D eigenvalue weighted by Crippen LogP contribution is 2.33. The van der Waals surface area contributed by atoms with Crippen molar-refractivity contribution in [2.45, 2.75) is 12.5 Å². The van der Waals surface area contributed by atoms with Crippen LogP contribution in [-0.4, -0.2) is 13.7 Å². The highest BCUT2D eigenvalue weighted by molar-refractivity contribution is 7.10. The largest absolute Gasteiger partial charge is 0.497 e. The first-order chi connectivity index (χ1) is 8.38. The maximum Gasteiger partial charge on any atom is 0.119 e. The van der Waals surface area contributed by atoms with Gasteiger partial charge >= 0.3 is 0 Å². The summed E-state index contributed by atoms with van der Waals surface area (Å²) < 4.78 is 5.29. The van der Waals surface area contributed by atoms with Crippen LogP contribution in [0.3, 0.4) is 0 Å². The number of fused-ring (bicyclic) bond motifs is 1. The predicted octanol–water partition coefficient (Wildman–Crippen LogP) is 2.99. The number of rotatable bonds is 2. The monoisotopic (exact) mass is 245 g/mol. The third kappa shape index (κ3) is 1.96. The molecule has 2 aromatic rings. The van der Waals surface area contributed by atoms with E-state index < -0.39 is 0 Å². The average Bonchev–Trinajstić information content (AvgIpc) is 2.87. The summed E-state index contributed by atoms with van der Waals surface area (Å²) in [5, 5.41) is 5.77. The molecule has 2 nitrogen and oxygen atoms in total. The molecule has 1 aliphatic heterocycles. The van der Waals surface area contributed by atoms with E-state index in [1.165, 1.54) is 16.0 Å². The van der Waals surface area contributed by atoms with E-state index in [1.54, 1.807) is 7.11 Å². The van der Waals surface area contributed by atoms with E-state index in [0.717, 1.165) is 18.7 Å². The molecule has 88 valence electrons. The fraction of sp³-hybridized carbons (Fsp3) is 0.286. The lowest BCUT2D eigenvalue weighted by molar-refractivity contribution is 0.413. The van der Waals surface area contributed by atoms with Crippen LogP contribution in [0.25, 0.3) is 0 Å². The SMILES string of the molecule is COc1cccc(C2NCCc3sccc32)c1. The number of nitrogens with one attached hydrogen (secondary N) is 1. The van der Waals surface area contributed by atoms with Crippen LogP contribution in [-0.2, 0) is 6.42 Å². The summed E-state index contributed by atoms with van der Waals surface area (Å²) in [5.74, 6) is 0.923. The minimum absolute atomic E-state index is 0.320. The second-order valence-electron chi connectivity index (χ2n) is 4.21. The average molecular weight is 245 g/mol. The second kappa shape index (κ2) is 4.51. The first kappa shape index (κ1) is 10.8. The molecule has 17 heavy (non-hydrogen) atoms. The molecule has 1 aromatic heterocycles. The van der Waals surface area contributed by atoms with Crippen molar-refractivity contribution in [1.29, 1.82) is 0 Å². The standard InChI is InChI=1S/C14H15NOS/c1-16-11-4-2-3-10(9-11)14-12-6-8-17-13(12)5-7-15-14/h2-4,6,8-9,14-15H,5,7H2,1H3. The fourth-order valence-corrected chi connectivity index (χ4v) is 3.29. The smallest absolute Gasteiger partial charge is 0.119 e. The van der Waals surface area contributed by atoms with Gasteiger partial charge in [-0.25, -0.2) is 0 Å². The van der Waals surface area contributed by atoms with Crippen LogP contribution in [0.4, 0.5) is 0 Å². The van der Waals surface area contributed by atoms with Crippen LogP contribution in [0.1, 0.15) is 22.0 Å². The lowest BCUT2D eigenvalue weighted by Crippen LogP contribution is -2.29. The second-order valence-corrected chi connectivity index (χ2v) is 5.21. The molecule has 1 atom stereocenters. The molecule has 0 amide bonds. The normalized spacial score (nSPS) is 18.8. The Morgan fingerprint density at radius 2 is 2.29 bits per heavy atom. The fourth-order valence-electron chi connectivity index (χ4n) is 2.37. The summed E-state index contributed by atoms with van der Waals surface area (Å²) in [6.07, 6.45) is 1.15. The van der Waals surface area contributed by atoms with Gasteiger partial charge in [-0.2, -0.15) is 0 Å². The molecule has 0 fully saturated rings. The molecule has 0 aliphatic carbocycles. The van der Waals surface area contributed by atoms with E-state index >= 15 is 0 Å². The first-order valence-corrected chi connectivity index (χ1v) is 6.70. The number of methoxy groups -OCH3 is 1. The van der Waals surface area contributed by atoms with Crippen LogP contribution in [0.15, 0.2) is 35.7 Å². The molecule has 0 saturated heterocycles. The van der Waals surface area contributed by atoms with Gasteiger partial charge < -0.3 is 10.1 Å². The Labute approximate surface area is 105 Å². The van der Waals surface area contributed by atoms with Crippen molar-refractivity contribution in [3.8, 4) is 5.75 Å². The maximum atomic E-state index is 5.29. The number of hydrogen-bond acceptors (Lipinski definition) is 3. The van der Waals surface area contributed by atoms with Gasteiger partial charge in [0.05, 0.1) is 13.2 Å². The first-order valence-electron chi connectivity index (χ1n) is 5.82. The van der Waals surface area contributed by atoms with Gasteiger partial charge in [0.25, 0.3) is 0 Å². The van der Waals surface area contributed by atoms with Crippen LogP contribution in [0.5, 0.6) is 5.75 Å².